The van der Waals surface area contributed by atoms with Crippen molar-refractivity contribution < 1.29 is 29.0 Å². The minimum absolute atomic E-state index is 0.337. The molecule has 1 aromatic rings. The lowest BCUT2D eigenvalue weighted by Gasteiger charge is -2.42. The maximum Gasteiger partial charge on any atom is 0.316 e. The number of aliphatic hydroxyl groups is 1. The Hall–Kier alpha value is -2.28. The van der Waals surface area contributed by atoms with Crippen molar-refractivity contribution in [3.63, 3.8) is 0 Å². The van der Waals surface area contributed by atoms with Gasteiger partial charge in [0.25, 0.3) is 0 Å². The minimum Gasteiger partial charge on any atom is -0.469 e. The van der Waals surface area contributed by atoms with E-state index in [1.807, 2.05) is 0 Å². The van der Waals surface area contributed by atoms with Crippen LogP contribution in [0.15, 0.2) is 24.4 Å². The van der Waals surface area contributed by atoms with Crippen LogP contribution in [0.2, 0.25) is 0 Å². The Balaban J connectivity index is 2.61. The van der Waals surface area contributed by atoms with Gasteiger partial charge in [-0.1, -0.05) is 6.07 Å². The lowest BCUT2D eigenvalue weighted by atomic mass is 9.62. The molecule has 1 aliphatic rings. The SMILES string of the molecule is COC(=O)[C@@H]1C(=O)C[C@](C)(O)[C@H](C(=O)OC)[C@@H]1c1ccccn1. The number of hydrogen-bond donors (Lipinski definition) is 1. The second-order valence-corrected chi connectivity index (χ2v) is 5.78. The van der Waals surface area contributed by atoms with Crippen molar-refractivity contribution >= 4 is 17.7 Å². The number of pyridine rings is 1. The zero-order valence-corrected chi connectivity index (χ0v) is 13.2. The van der Waals surface area contributed by atoms with Crippen molar-refractivity contribution in [3.8, 4) is 0 Å². The number of carbonyl (C=O) groups excluding carboxylic acids is 3. The molecule has 124 valence electrons. The maximum atomic E-state index is 12.4. The van der Waals surface area contributed by atoms with E-state index >= 15 is 0 Å². The lowest BCUT2D eigenvalue weighted by molar-refractivity contribution is -0.170. The number of methoxy groups -OCH3 is 2. The Bertz CT molecular complexity index is 612. The molecule has 4 atom stereocenters. The number of hydrogen-bond acceptors (Lipinski definition) is 7. The summed E-state index contributed by atoms with van der Waals surface area (Å²) in [6.45, 7) is 1.38. The van der Waals surface area contributed by atoms with Crippen molar-refractivity contribution in [2.45, 2.75) is 24.9 Å². The highest BCUT2D eigenvalue weighted by Crippen LogP contribution is 2.45. The number of aromatic nitrogens is 1. The van der Waals surface area contributed by atoms with Crippen molar-refractivity contribution in [2.24, 2.45) is 11.8 Å². The van der Waals surface area contributed by atoms with E-state index in [1.54, 1.807) is 18.2 Å². The molecule has 0 saturated heterocycles. The highest BCUT2D eigenvalue weighted by Gasteiger charge is 2.57. The Morgan fingerprint density at radius 2 is 1.91 bits per heavy atom. The third-order valence-corrected chi connectivity index (χ3v) is 4.21. The van der Waals surface area contributed by atoms with Gasteiger partial charge in [0.05, 0.1) is 25.7 Å². The fourth-order valence-corrected chi connectivity index (χ4v) is 3.20. The molecule has 0 radical (unpaired) electrons. The first-order chi connectivity index (χ1) is 10.8. The molecule has 0 unspecified atom stereocenters. The van der Waals surface area contributed by atoms with Gasteiger partial charge in [-0.3, -0.25) is 19.4 Å². The summed E-state index contributed by atoms with van der Waals surface area (Å²) in [5.74, 6) is -5.21. The van der Waals surface area contributed by atoms with Crippen LogP contribution in [0.3, 0.4) is 0 Å². The average molecular weight is 321 g/mol. The summed E-state index contributed by atoms with van der Waals surface area (Å²) in [7, 11) is 2.36. The van der Waals surface area contributed by atoms with Crippen molar-refractivity contribution in [3.05, 3.63) is 30.1 Å². The van der Waals surface area contributed by atoms with Gasteiger partial charge in [0.2, 0.25) is 0 Å². The molecular weight excluding hydrogens is 302 g/mol. The highest BCUT2D eigenvalue weighted by atomic mass is 16.5. The molecule has 1 saturated carbocycles. The third-order valence-electron chi connectivity index (χ3n) is 4.21. The summed E-state index contributed by atoms with van der Waals surface area (Å²) < 4.78 is 9.50. The Labute approximate surface area is 133 Å². The Kier molecular flexibility index (Phi) is 4.79. The predicted molar refractivity (Wildman–Crippen MR) is 78.2 cm³/mol. The van der Waals surface area contributed by atoms with Crippen LogP contribution in [0.1, 0.15) is 25.0 Å². The number of nitrogens with zero attached hydrogens (tertiary/aromatic N) is 1. The number of carbonyl (C=O) groups is 3. The van der Waals surface area contributed by atoms with Gasteiger partial charge in [-0.15, -0.1) is 0 Å². The molecule has 2 rings (SSSR count). The molecule has 0 spiro atoms. The van der Waals surface area contributed by atoms with Crippen molar-refractivity contribution in [1.29, 1.82) is 0 Å². The largest absolute Gasteiger partial charge is 0.469 e. The summed E-state index contributed by atoms with van der Waals surface area (Å²) in [5, 5.41) is 10.6. The van der Waals surface area contributed by atoms with Crippen LogP contribution in [-0.2, 0) is 23.9 Å². The fraction of sp³-hybridized carbons (Fsp3) is 0.500. The third kappa shape index (κ3) is 3.10. The molecule has 0 aromatic carbocycles. The summed E-state index contributed by atoms with van der Waals surface area (Å²) in [4.78, 5) is 40.9. The standard InChI is InChI=1S/C16H19NO6/c1-16(21)8-10(18)12(14(19)22-2)11(13(16)15(20)23-3)9-6-4-5-7-17-9/h4-7,11-13,21H,8H2,1-3H3/t11-,12-,13+,16+/m1/s1. The van der Waals surface area contributed by atoms with Crippen molar-refractivity contribution in [1.82, 2.24) is 4.98 Å². The molecule has 1 aromatic heterocycles. The number of esters is 2. The smallest absolute Gasteiger partial charge is 0.316 e. The number of ether oxygens (including phenoxy) is 2. The van der Waals surface area contributed by atoms with E-state index in [4.69, 9.17) is 9.47 Å². The van der Waals surface area contributed by atoms with Crippen LogP contribution in [0.25, 0.3) is 0 Å². The highest BCUT2D eigenvalue weighted by molar-refractivity contribution is 6.02. The van der Waals surface area contributed by atoms with E-state index in [9.17, 15) is 19.5 Å². The first-order valence-electron chi connectivity index (χ1n) is 7.15. The van der Waals surface area contributed by atoms with Gasteiger partial charge in [0.1, 0.15) is 5.92 Å². The van der Waals surface area contributed by atoms with E-state index in [0.29, 0.717) is 5.69 Å². The Morgan fingerprint density at radius 3 is 2.43 bits per heavy atom. The van der Waals surface area contributed by atoms with Gasteiger partial charge in [0, 0.05) is 24.2 Å². The van der Waals surface area contributed by atoms with Crippen LogP contribution in [0.5, 0.6) is 0 Å². The first-order valence-corrected chi connectivity index (χ1v) is 7.15. The minimum atomic E-state index is -1.64. The summed E-state index contributed by atoms with van der Waals surface area (Å²) in [6.07, 6.45) is 1.15. The van der Waals surface area contributed by atoms with Gasteiger partial charge in [0.15, 0.2) is 5.78 Å². The zero-order chi connectivity index (χ0) is 17.2. The van der Waals surface area contributed by atoms with E-state index in [2.05, 4.69) is 4.98 Å². The van der Waals surface area contributed by atoms with E-state index in [-0.39, 0.29) is 6.42 Å². The van der Waals surface area contributed by atoms with Gasteiger partial charge >= 0.3 is 11.9 Å². The van der Waals surface area contributed by atoms with Gasteiger partial charge < -0.3 is 14.6 Å². The Morgan fingerprint density at radius 1 is 1.26 bits per heavy atom. The number of ketones is 1. The van der Waals surface area contributed by atoms with Gasteiger partial charge in [-0.2, -0.15) is 0 Å². The van der Waals surface area contributed by atoms with Crippen LogP contribution in [0, 0.1) is 11.8 Å². The molecule has 7 heteroatoms. The zero-order valence-electron chi connectivity index (χ0n) is 13.2. The topological polar surface area (TPSA) is 103 Å². The van der Waals surface area contributed by atoms with Crippen LogP contribution in [-0.4, -0.2) is 47.6 Å². The fourth-order valence-electron chi connectivity index (χ4n) is 3.20. The van der Waals surface area contributed by atoms with E-state index in [0.717, 1.165) is 0 Å². The lowest BCUT2D eigenvalue weighted by Crippen LogP contribution is -2.55. The monoisotopic (exact) mass is 321 g/mol. The number of rotatable bonds is 3. The molecule has 1 aliphatic carbocycles. The number of Topliss-reactive ketones (excluding diaryl/α,β-unsaturated/α-hetero) is 1. The van der Waals surface area contributed by atoms with Crippen molar-refractivity contribution in [2.75, 3.05) is 14.2 Å². The van der Waals surface area contributed by atoms with Crippen LogP contribution < -0.4 is 0 Å². The van der Waals surface area contributed by atoms with Crippen LogP contribution >= 0.6 is 0 Å². The summed E-state index contributed by atoms with van der Waals surface area (Å²) in [6, 6.07) is 4.95. The van der Waals surface area contributed by atoms with Gasteiger partial charge in [-0.25, -0.2) is 0 Å². The molecule has 0 bridgehead atoms. The predicted octanol–water partition coefficient (Wildman–Crippen LogP) is 0.467. The van der Waals surface area contributed by atoms with Gasteiger partial charge in [-0.05, 0) is 19.1 Å². The molecule has 0 amide bonds. The molecule has 23 heavy (non-hydrogen) atoms. The first kappa shape index (κ1) is 17.1. The molecule has 1 fully saturated rings. The summed E-state index contributed by atoms with van der Waals surface area (Å²) in [5.41, 5.74) is -1.29. The average Bonchev–Trinajstić information content (AvgIpc) is 2.52. The second-order valence-electron chi connectivity index (χ2n) is 5.78. The molecule has 7 nitrogen and oxygen atoms in total. The van der Waals surface area contributed by atoms with Crippen LogP contribution in [0.4, 0.5) is 0 Å². The molecule has 1 heterocycles. The maximum absolute atomic E-state index is 12.4. The molecule has 0 aliphatic heterocycles. The molecular formula is C16H19NO6. The summed E-state index contributed by atoms with van der Waals surface area (Å²) >= 11 is 0. The van der Waals surface area contributed by atoms with E-state index in [1.165, 1.54) is 27.3 Å². The molecule has 1 N–H and O–H groups in total. The van der Waals surface area contributed by atoms with E-state index < -0.39 is 41.1 Å². The quantitative estimate of drug-likeness (QED) is 0.637. The normalized spacial score (nSPS) is 30.6. The second kappa shape index (κ2) is 6.45.